The predicted molar refractivity (Wildman–Crippen MR) is 62.5 cm³/mol. The van der Waals surface area contributed by atoms with E-state index in [-0.39, 0.29) is 0 Å². The highest BCUT2D eigenvalue weighted by molar-refractivity contribution is 5.99. The second kappa shape index (κ2) is 3.48. The molecule has 0 atom stereocenters. The Hall–Kier alpha value is -1.57. The van der Waals surface area contributed by atoms with E-state index >= 15 is 0 Å². The maximum absolute atomic E-state index is 11.5. The van der Waals surface area contributed by atoms with Crippen molar-refractivity contribution >= 4 is 11.4 Å². The van der Waals surface area contributed by atoms with Crippen LogP contribution < -0.4 is 4.74 Å². The van der Waals surface area contributed by atoms with Gasteiger partial charge in [0.15, 0.2) is 0 Å². The van der Waals surface area contributed by atoms with Gasteiger partial charge in [0.05, 0.1) is 7.11 Å². The lowest BCUT2D eigenvalue weighted by Crippen LogP contribution is -2.02. The zero-order valence-corrected chi connectivity index (χ0v) is 9.38. The van der Waals surface area contributed by atoms with Gasteiger partial charge < -0.3 is 4.74 Å². The molecule has 0 bridgehead atoms. The van der Waals surface area contributed by atoms with Crippen LogP contribution in [0.15, 0.2) is 23.8 Å². The molecule has 2 aliphatic carbocycles. The molecular formula is C14H14O2. The van der Waals surface area contributed by atoms with Gasteiger partial charge >= 0.3 is 0 Å². The molecule has 0 radical (unpaired) electrons. The average Bonchev–Trinajstić information content (AvgIpc) is 2.69. The van der Waals surface area contributed by atoms with Gasteiger partial charge in [-0.05, 0) is 41.7 Å². The number of Topliss-reactive ketones (excluding diaryl/α,β-unsaturated/α-hetero) is 1. The van der Waals surface area contributed by atoms with Crippen LogP contribution in [-0.4, -0.2) is 12.9 Å². The maximum Gasteiger partial charge on any atom is 0.141 e. The quantitative estimate of drug-likeness (QED) is 0.718. The summed E-state index contributed by atoms with van der Waals surface area (Å²) in [7, 11) is 1.69. The molecule has 82 valence electrons. The minimum atomic E-state index is 0.369. The molecule has 0 heterocycles. The number of benzene rings is 1. The monoisotopic (exact) mass is 214 g/mol. The molecule has 0 spiro atoms. The third-order valence-corrected chi connectivity index (χ3v) is 3.54. The summed E-state index contributed by atoms with van der Waals surface area (Å²) in [5, 5.41) is 0. The van der Waals surface area contributed by atoms with E-state index in [4.69, 9.17) is 4.74 Å². The van der Waals surface area contributed by atoms with E-state index in [1.54, 1.807) is 7.11 Å². The van der Waals surface area contributed by atoms with Crippen LogP contribution in [0, 0.1) is 0 Å². The van der Waals surface area contributed by atoms with Gasteiger partial charge in [-0.3, -0.25) is 4.79 Å². The Morgan fingerprint density at radius 3 is 2.88 bits per heavy atom. The van der Waals surface area contributed by atoms with Crippen molar-refractivity contribution in [3.05, 3.63) is 34.9 Å². The van der Waals surface area contributed by atoms with Crippen molar-refractivity contribution in [1.82, 2.24) is 0 Å². The lowest BCUT2D eigenvalue weighted by atomic mass is 9.87. The van der Waals surface area contributed by atoms with Gasteiger partial charge in [-0.25, -0.2) is 0 Å². The zero-order chi connectivity index (χ0) is 11.1. The summed E-state index contributed by atoms with van der Waals surface area (Å²) in [6.45, 7) is 0. The lowest BCUT2D eigenvalue weighted by Gasteiger charge is -2.18. The van der Waals surface area contributed by atoms with Gasteiger partial charge in [0.2, 0.25) is 0 Å². The third kappa shape index (κ3) is 1.37. The number of ketones is 1. The molecule has 2 aliphatic rings. The van der Waals surface area contributed by atoms with Crippen LogP contribution in [-0.2, 0) is 11.2 Å². The van der Waals surface area contributed by atoms with Crippen molar-refractivity contribution in [3.63, 3.8) is 0 Å². The number of fused-ring (bicyclic) bond motifs is 2. The van der Waals surface area contributed by atoms with Crippen LogP contribution in [0.4, 0.5) is 0 Å². The van der Waals surface area contributed by atoms with Gasteiger partial charge in [-0.2, -0.15) is 0 Å². The first kappa shape index (κ1) is 9.64. The second-order valence-corrected chi connectivity index (χ2v) is 4.50. The first-order valence-corrected chi connectivity index (χ1v) is 5.68. The molecule has 3 rings (SSSR count). The number of ether oxygens (including phenoxy) is 1. The van der Waals surface area contributed by atoms with Gasteiger partial charge in [0.1, 0.15) is 11.5 Å². The number of hydrogen-bond donors (Lipinski definition) is 0. The molecule has 16 heavy (non-hydrogen) atoms. The van der Waals surface area contributed by atoms with E-state index in [0.717, 1.165) is 18.6 Å². The highest BCUT2D eigenvalue weighted by atomic mass is 16.5. The third-order valence-electron chi connectivity index (χ3n) is 3.54. The molecule has 1 aromatic rings. The standard InChI is InChI=1S/C14H14O2/c1-16-12-4-5-13-10(7-12)3-2-9-6-11(15)8-14(9)13/h4-5,7H,2-3,6,8H2,1H3. The highest BCUT2D eigenvalue weighted by Gasteiger charge is 2.27. The number of methoxy groups -OCH3 is 1. The predicted octanol–water partition coefficient (Wildman–Crippen LogP) is 2.76. The minimum absolute atomic E-state index is 0.369. The fourth-order valence-corrected chi connectivity index (χ4v) is 2.74. The Bertz CT molecular complexity index is 497. The molecule has 0 N–H and O–H groups in total. The average molecular weight is 214 g/mol. The van der Waals surface area contributed by atoms with Gasteiger partial charge in [-0.1, -0.05) is 11.6 Å². The first-order valence-electron chi connectivity index (χ1n) is 5.68. The maximum atomic E-state index is 11.5. The van der Waals surface area contributed by atoms with E-state index in [9.17, 15) is 4.79 Å². The van der Waals surface area contributed by atoms with Crippen LogP contribution >= 0.6 is 0 Å². The van der Waals surface area contributed by atoms with E-state index in [0.29, 0.717) is 18.6 Å². The SMILES string of the molecule is COc1ccc2c(c1)CCC1=C2CC(=O)C1. The van der Waals surface area contributed by atoms with Crippen molar-refractivity contribution in [1.29, 1.82) is 0 Å². The number of allylic oxidation sites excluding steroid dienone is 2. The molecule has 0 saturated heterocycles. The summed E-state index contributed by atoms with van der Waals surface area (Å²) in [4.78, 5) is 11.5. The Morgan fingerprint density at radius 1 is 1.19 bits per heavy atom. The van der Waals surface area contributed by atoms with E-state index in [1.165, 1.54) is 22.3 Å². The number of rotatable bonds is 1. The zero-order valence-electron chi connectivity index (χ0n) is 9.38. The summed E-state index contributed by atoms with van der Waals surface area (Å²) in [6.07, 6.45) is 3.40. The van der Waals surface area contributed by atoms with Crippen LogP contribution in [0.5, 0.6) is 5.75 Å². The van der Waals surface area contributed by atoms with Crippen molar-refractivity contribution in [2.75, 3.05) is 7.11 Å². The lowest BCUT2D eigenvalue weighted by molar-refractivity contribution is -0.116. The topological polar surface area (TPSA) is 26.3 Å². The molecular weight excluding hydrogens is 200 g/mol. The van der Waals surface area contributed by atoms with Crippen molar-refractivity contribution in [3.8, 4) is 5.75 Å². The molecule has 0 aliphatic heterocycles. The Balaban J connectivity index is 2.08. The molecule has 0 saturated carbocycles. The summed E-state index contributed by atoms with van der Waals surface area (Å²) in [5.74, 6) is 1.28. The van der Waals surface area contributed by atoms with Gasteiger partial charge in [0, 0.05) is 12.8 Å². The summed E-state index contributed by atoms with van der Waals surface area (Å²) in [6, 6.07) is 6.18. The molecule has 0 unspecified atom stereocenters. The summed E-state index contributed by atoms with van der Waals surface area (Å²) < 4.78 is 5.23. The molecule has 0 aromatic heterocycles. The fourth-order valence-electron chi connectivity index (χ4n) is 2.74. The molecule has 2 nitrogen and oxygen atoms in total. The number of hydrogen-bond acceptors (Lipinski definition) is 2. The fraction of sp³-hybridized carbons (Fsp3) is 0.357. The van der Waals surface area contributed by atoms with E-state index in [2.05, 4.69) is 12.1 Å². The summed E-state index contributed by atoms with van der Waals surface area (Å²) in [5.41, 5.74) is 5.25. The summed E-state index contributed by atoms with van der Waals surface area (Å²) >= 11 is 0. The van der Waals surface area contributed by atoms with Crippen LogP contribution in [0.3, 0.4) is 0 Å². The Kier molecular flexibility index (Phi) is 2.10. The number of carbonyl (C=O) groups excluding carboxylic acids is 1. The molecule has 1 aromatic carbocycles. The smallest absolute Gasteiger partial charge is 0.141 e. The van der Waals surface area contributed by atoms with Crippen LogP contribution in [0.2, 0.25) is 0 Å². The normalized spacial score (nSPS) is 18.4. The van der Waals surface area contributed by atoms with Crippen LogP contribution in [0.25, 0.3) is 5.57 Å². The minimum Gasteiger partial charge on any atom is -0.497 e. The van der Waals surface area contributed by atoms with Crippen molar-refractivity contribution in [2.24, 2.45) is 0 Å². The van der Waals surface area contributed by atoms with Crippen molar-refractivity contribution < 1.29 is 9.53 Å². The van der Waals surface area contributed by atoms with E-state index in [1.807, 2.05) is 6.07 Å². The van der Waals surface area contributed by atoms with Gasteiger partial charge in [0.25, 0.3) is 0 Å². The molecule has 0 fully saturated rings. The van der Waals surface area contributed by atoms with Gasteiger partial charge in [-0.15, -0.1) is 0 Å². The Labute approximate surface area is 94.9 Å². The first-order chi connectivity index (χ1) is 7.78. The number of aryl methyl sites for hydroxylation is 1. The molecule has 2 heteroatoms. The highest BCUT2D eigenvalue weighted by Crippen LogP contribution is 2.40. The second-order valence-electron chi connectivity index (χ2n) is 4.50. The molecule has 0 amide bonds. The van der Waals surface area contributed by atoms with Crippen molar-refractivity contribution in [2.45, 2.75) is 25.7 Å². The van der Waals surface area contributed by atoms with Crippen LogP contribution in [0.1, 0.15) is 30.4 Å². The Morgan fingerprint density at radius 2 is 2.06 bits per heavy atom. The van der Waals surface area contributed by atoms with E-state index < -0.39 is 0 Å². The largest absolute Gasteiger partial charge is 0.497 e. The number of carbonyl (C=O) groups is 1.